The maximum absolute atomic E-state index is 14.1. The normalized spacial score (nSPS) is 13.1. The number of halogens is 4. The van der Waals surface area contributed by atoms with Crippen LogP contribution in [0.3, 0.4) is 0 Å². The number of hydrogen-bond donors (Lipinski definition) is 0. The first-order valence-electron chi connectivity index (χ1n) is 10.1. The van der Waals surface area contributed by atoms with Crippen LogP contribution in [0.15, 0.2) is 72.8 Å². The van der Waals surface area contributed by atoms with Gasteiger partial charge in [-0.15, -0.1) is 0 Å². The lowest BCUT2D eigenvalue weighted by atomic mass is 9.83. The van der Waals surface area contributed by atoms with Crippen LogP contribution in [-0.4, -0.2) is 26.3 Å². The SMILES string of the molecule is CC(COCc1ccc(F)c(Oc2ccccc2)c1)(c1ccc(OCCF)cc1)C(F)F. The minimum absolute atomic E-state index is 0.00539. The molecule has 0 spiro atoms. The topological polar surface area (TPSA) is 27.7 Å². The third-order valence-corrected chi connectivity index (χ3v) is 4.98. The number of para-hydroxylation sites is 1. The van der Waals surface area contributed by atoms with Gasteiger partial charge in [0.05, 0.1) is 18.6 Å². The zero-order chi connectivity index (χ0) is 23.0. The van der Waals surface area contributed by atoms with Crippen molar-refractivity contribution in [2.45, 2.75) is 25.4 Å². The Balaban J connectivity index is 1.66. The molecule has 1 atom stereocenters. The molecule has 0 aliphatic rings. The zero-order valence-corrected chi connectivity index (χ0v) is 17.6. The largest absolute Gasteiger partial charge is 0.491 e. The van der Waals surface area contributed by atoms with Crippen LogP contribution >= 0.6 is 0 Å². The Morgan fingerprint density at radius 2 is 1.62 bits per heavy atom. The van der Waals surface area contributed by atoms with Crippen LogP contribution in [0.2, 0.25) is 0 Å². The van der Waals surface area contributed by atoms with Crippen LogP contribution in [0.1, 0.15) is 18.1 Å². The Morgan fingerprint density at radius 3 is 2.28 bits per heavy atom. The van der Waals surface area contributed by atoms with Gasteiger partial charge >= 0.3 is 0 Å². The summed E-state index contributed by atoms with van der Waals surface area (Å²) in [5, 5.41) is 0. The van der Waals surface area contributed by atoms with E-state index in [1.54, 1.807) is 24.3 Å². The van der Waals surface area contributed by atoms with Gasteiger partial charge in [0, 0.05) is 0 Å². The molecular formula is C25H24F4O3. The number of alkyl halides is 3. The molecule has 3 aromatic carbocycles. The lowest BCUT2D eigenvalue weighted by Gasteiger charge is -2.29. The van der Waals surface area contributed by atoms with Crippen LogP contribution in [0, 0.1) is 5.82 Å². The summed E-state index contributed by atoms with van der Waals surface area (Å²) in [5.41, 5.74) is -0.613. The van der Waals surface area contributed by atoms with Crippen molar-refractivity contribution in [2.75, 3.05) is 19.9 Å². The van der Waals surface area contributed by atoms with Crippen LogP contribution in [0.25, 0.3) is 0 Å². The number of ether oxygens (including phenoxy) is 3. The average molecular weight is 448 g/mol. The van der Waals surface area contributed by atoms with Gasteiger partial charge in [-0.3, -0.25) is 0 Å². The predicted molar refractivity (Wildman–Crippen MR) is 114 cm³/mol. The summed E-state index contributed by atoms with van der Waals surface area (Å²) < 4.78 is 70.5. The Labute approximate surface area is 184 Å². The fraction of sp³-hybridized carbons (Fsp3) is 0.280. The monoisotopic (exact) mass is 448 g/mol. The first-order chi connectivity index (χ1) is 15.4. The first kappa shape index (κ1) is 23.6. The summed E-state index contributed by atoms with van der Waals surface area (Å²) in [6, 6.07) is 19.1. The fourth-order valence-electron chi connectivity index (χ4n) is 3.07. The highest BCUT2D eigenvalue weighted by Crippen LogP contribution is 2.33. The Morgan fingerprint density at radius 1 is 0.906 bits per heavy atom. The van der Waals surface area contributed by atoms with Crippen molar-refractivity contribution in [3.63, 3.8) is 0 Å². The zero-order valence-electron chi connectivity index (χ0n) is 17.6. The molecule has 0 N–H and O–H groups in total. The number of benzene rings is 3. The molecule has 1 unspecified atom stereocenters. The van der Waals surface area contributed by atoms with Crippen LogP contribution in [0.4, 0.5) is 17.6 Å². The highest BCUT2D eigenvalue weighted by Gasteiger charge is 2.37. The van der Waals surface area contributed by atoms with Gasteiger partial charge in [-0.1, -0.05) is 36.4 Å². The lowest BCUT2D eigenvalue weighted by molar-refractivity contribution is -0.0128. The molecule has 0 amide bonds. The molecule has 3 rings (SSSR count). The molecule has 32 heavy (non-hydrogen) atoms. The highest BCUT2D eigenvalue weighted by atomic mass is 19.3. The number of hydrogen-bond acceptors (Lipinski definition) is 3. The maximum Gasteiger partial charge on any atom is 0.250 e. The van der Waals surface area contributed by atoms with Gasteiger partial charge in [0.2, 0.25) is 6.43 Å². The average Bonchev–Trinajstić information content (AvgIpc) is 2.80. The van der Waals surface area contributed by atoms with Gasteiger partial charge in [-0.2, -0.15) is 0 Å². The molecule has 0 aliphatic heterocycles. The molecule has 0 saturated heterocycles. The van der Waals surface area contributed by atoms with E-state index in [1.165, 1.54) is 49.4 Å². The second-order valence-corrected chi connectivity index (χ2v) is 7.45. The molecule has 0 aromatic heterocycles. The van der Waals surface area contributed by atoms with Crippen molar-refractivity contribution in [3.05, 3.63) is 89.7 Å². The molecule has 0 bridgehead atoms. The van der Waals surface area contributed by atoms with Crippen molar-refractivity contribution >= 4 is 0 Å². The van der Waals surface area contributed by atoms with E-state index in [-0.39, 0.29) is 25.6 Å². The van der Waals surface area contributed by atoms with E-state index < -0.39 is 24.3 Å². The molecule has 3 aromatic rings. The fourth-order valence-corrected chi connectivity index (χ4v) is 3.07. The molecule has 0 heterocycles. The van der Waals surface area contributed by atoms with Gasteiger partial charge in [-0.25, -0.2) is 17.6 Å². The molecule has 0 radical (unpaired) electrons. The van der Waals surface area contributed by atoms with E-state index in [2.05, 4.69) is 0 Å². The van der Waals surface area contributed by atoms with E-state index in [0.29, 0.717) is 22.6 Å². The van der Waals surface area contributed by atoms with Crippen LogP contribution in [-0.2, 0) is 16.8 Å². The Bertz CT molecular complexity index is 980. The molecule has 170 valence electrons. The first-order valence-corrected chi connectivity index (χ1v) is 10.1. The minimum Gasteiger partial charge on any atom is -0.491 e. The van der Waals surface area contributed by atoms with Gasteiger partial charge in [-0.05, 0) is 54.4 Å². The van der Waals surface area contributed by atoms with Gasteiger partial charge in [0.15, 0.2) is 11.6 Å². The quantitative estimate of drug-likeness (QED) is 0.305. The van der Waals surface area contributed by atoms with Gasteiger partial charge < -0.3 is 14.2 Å². The van der Waals surface area contributed by atoms with E-state index in [4.69, 9.17) is 14.2 Å². The van der Waals surface area contributed by atoms with Crippen molar-refractivity contribution in [1.82, 2.24) is 0 Å². The van der Waals surface area contributed by atoms with E-state index in [0.717, 1.165) is 0 Å². The molecule has 3 nitrogen and oxygen atoms in total. The van der Waals surface area contributed by atoms with Crippen molar-refractivity contribution in [3.8, 4) is 17.2 Å². The molecule has 0 aliphatic carbocycles. The summed E-state index contributed by atoms with van der Waals surface area (Å²) in [5.74, 6) is 0.373. The Kier molecular flexibility index (Phi) is 8.11. The van der Waals surface area contributed by atoms with E-state index >= 15 is 0 Å². The standard InChI is InChI=1S/C25H24F4O3/c1-25(24(28)29,19-8-10-20(11-9-19)31-14-13-26)17-30-16-18-7-12-22(27)23(15-18)32-21-5-3-2-4-6-21/h2-12,15,24H,13-14,16-17H2,1H3. The van der Waals surface area contributed by atoms with Crippen molar-refractivity contribution in [2.24, 2.45) is 0 Å². The second-order valence-electron chi connectivity index (χ2n) is 7.45. The molecule has 0 saturated carbocycles. The summed E-state index contributed by atoms with van der Waals surface area (Å²) >= 11 is 0. The van der Waals surface area contributed by atoms with Crippen molar-refractivity contribution in [1.29, 1.82) is 0 Å². The third-order valence-electron chi connectivity index (χ3n) is 4.98. The summed E-state index contributed by atoms with van der Waals surface area (Å²) in [6.07, 6.45) is -2.69. The van der Waals surface area contributed by atoms with Crippen LogP contribution in [0.5, 0.6) is 17.2 Å². The predicted octanol–water partition coefficient (Wildman–Crippen LogP) is 6.71. The summed E-state index contributed by atoms with van der Waals surface area (Å²) in [7, 11) is 0. The lowest BCUT2D eigenvalue weighted by Crippen LogP contribution is -2.36. The van der Waals surface area contributed by atoms with Crippen LogP contribution < -0.4 is 9.47 Å². The molecule has 7 heteroatoms. The Hall–Kier alpha value is -3.06. The molecular weight excluding hydrogens is 424 g/mol. The van der Waals surface area contributed by atoms with Crippen molar-refractivity contribution < 1.29 is 31.8 Å². The van der Waals surface area contributed by atoms with Gasteiger partial charge in [0.25, 0.3) is 0 Å². The van der Waals surface area contributed by atoms with E-state index in [9.17, 15) is 17.6 Å². The van der Waals surface area contributed by atoms with E-state index in [1.807, 2.05) is 6.07 Å². The second kappa shape index (κ2) is 11.0. The summed E-state index contributed by atoms with van der Waals surface area (Å²) in [6.45, 7) is 0.421. The minimum atomic E-state index is -2.69. The van der Waals surface area contributed by atoms with Gasteiger partial charge in [0.1, 0.15) is 24.8 Å². The molecule has 0 fully saturated rings. The number of rotatable bonds is 11. The maximum atomic E-state index is 14.1. The summed E-state index contributed by atoms with van der Waals surface area (Å²) in [4.78, 5) is 0. The smallest absolute Gasteiger partial charge is 0.250 e. The third kappa shape index (κ3) is 6.01. The highest BCUT2D eigenvalue weighted by molar-refractivity contribution is 5.35.